The Bertz CT molecular complexity index is 402. The van der Waals surface area contributed by atoms with E-state index >= 15 is 0 Å². The molecule has 3 unspecified atom stereocenters. The Balaban J connectivity index is 2.24. The summed E-state index contributed by atoms with van der Waals surface area (Å²) in [7, 11) is 0. The minimum absolute atomic E-state index is 0.517. The van der Waals surface area contributed by atoms with E-state index in [1.165, 1.54) is 49.7 Å². The zero-order chi connectivity index (χ0) is 14.4. The van der Waals surface area contributed by atoms with Gasteiger partial charge in [-0.25, -0.2) is 0 Å². The van der Waals surface area contributed by atoms with Gasteiger partial charge in [-0.05, 0) is 55.3 Å². The molecule has 0 aromatic carbocycles. The Labute approximate surface area is 124 Å². The quantitative estimate of drug-likeness (QED) is 0.817. The minimum atomic E-state index is 0.517. The Hall–Kier alpha value is -0.890. The van der Waals surface area contributed by atoms with Gasteiger partial charge in [0.2, 0.25) is 0 Å². The topological polar surface area (TPSA) is 24.9 Å². The van der Waals surface area contributed by atoms with Crippen molar-refractivity contribution in [3.8, 4) is 0 Å². The number of pyridine rings is 1. The van der Waals surface area contributed by atoms with Crippen LogP contribution in [-0.2, 0) is 0 Å². The van der Waals surface area contributed by atoms with Gasteiger partial charge in [0.1, 0.15) is 0 Å². The van der Waals surface area contributed by atoms with Crippen LogP contribution in [0, 0.1) is 18.8 Å². The Morgan fingerprint density at radius 3 is 2.80 bits per heavy atom. The van der Waals surface area contributed by atoms with Crippen LogP contribution in [0.2, 0.25) is 0 Å². The van der Waals surface area contributed by atoms with Crippen molar-refractivity contribution in [2.75, 3.05) is 6.54 Å². The highest BCUT2D eigenvalue weighted by Crippen LogP contribution is 2.40. The van der Waals surface area contributed by atoms with Gasteiger partial charge >= 0.3 is 0 Å². The molecule has 3 atom stereocenters. The third-order valence-electron chi connectivity index (χ3n) is 4.93. The zero-order valence-electron chi connectivity index (χ0n) is 13.4. The van der Waals surface area contributed by atoms with Crippen molar-refractivity contribution in [1.29, 1.82) is 0 Å². The van der Waals surface area contributed by atoms with Crippen molar-refractivity contribution in [2.24, 2.45) is 11.8 Å². The van der Waals surface area contributed by atoms with Crippen LogP contribution in [0.15, 0.2) is 18.5 Å². The SMILES string of the molecule is CCCNC(c1ccncc1C)C1CCCCC1CC. The van der Waals surface area contributed by atoms with Gasteiger partial charge in [0.15, 0.2) is 0 Å². The monoisotopic (exact) mass is 274 g/mol. The summed E-state index contributed by atoms with van der Waals surface area (Å²) < 4.78 is 0. The second-order valence-corrected chi connectivity index (χ2v) is 6.28. The zero-order valence-corrected chi connectivity index (χ0v) is 13.4. The largest absolute Gasteiger partial charge is 0.310 e. The summed E-state index contributed by atoms with van der Waals surface area (Å²) in [4.78, 5) is 4.26. The minimum Gasteiger partial charge on any atom is -0.310 e. The molecule has 0 bridgehead atoms. The van der Waals surface area contributed by atoms with Crippen molar-refractivity contribution in [3.05, 3.63) is 29.6 Å². The van der Waals surface area contributed by atoms with Crippen molar-refractivity contribution < 1.29 is 0 Å². The summed E-state index contributed by atoms with van der Waals surface area (Å²) in [5.74, 6) is 1.67. The summed E-state index contributed by atoms with van der Waals surface area (Å²) in [5.41, 5.74) is 2.81. The molecule has 1 aliphatic rings. The molecule has 1 aromatic rings. The van der Waals surface area contributed by atoms with Crippen LogP contribution in [0.25, 0.3) is 0 Å². The second-order valence-electron chi connectivity index (χ2n) is 6.28. The number of aromatic nitrogens is 1. The molecule has 0 aliphatic heterocycles. The van der Waals surface area contributed by atoms with Gasteiger partial charge in [-0.2, -0.15) is 0 Å². The first-order chi connectivity index (χ1) is 9.77. The molecule has 2 nitrogen and oxygen atoms in total. The van der Waals surface area contributed by atoms with Crippen molar-refractivity contribution >= 4 is 0 Å². The first-order valence-electron chi connectivity index (χ1n) is 8.41. The maximum Gasteiger partial charge on any atom is 0.0355 e. The predicted molar refractivity (Wildman–Crippen MR) is 85.7 cm³/mol. The van der Waals surface area contributed by atoms with Gasteiger partial charge in [0, 0.05) is 18.4 Å². The molecular formula is C18H30N2. The van der Waals surface area contributed by atoms with Gasteiger partial charge in [0.25, 0.3) is 0 Å². The van der Waals surface area contributed by atoms with Crippen LogP contribution in [0.4, 0.5) is 0 Å². The fourth-order valence-corrected chi connectivity index (χ4v) is 3.81. The smallest absolute Gasteiger partial charge is 0.0355 e. The van der Waals surface area contributed by atoms with Gasteiger partial charge in [0.05, 0.1) is 0 Å². The van der Waals surface area contributed by atoms with E-state index in [2.05, 4.69) is 37.1 Å². The van der Waals surface area contributed by atoms with E-state index in [1.54, 1.807) is 0 Å². The van der Waals surface area contributed by atoms with Gasteiger partial charge in [-0.1, -0.05) is 39.5 Å². The Morgan fingerprint density at radius 1 is 1.30 bits per heavy atom. The molecule has 1 aliphatic carbocycles. The van der Waals surface area contributed by atoms with Crippen molar-refractivity contribution in [3.63, 3.8) is 0 Å². The lowest BCUT2D eigenvalue weighted by atomic mass is 9.72. The third-order valence-corrected chi connectivity index (χ3v) is 4.93. The molecular weight excluding hydrogens is 244 g/mol. The fraction of sp³-hybridized carbons (Fsp3) is 0.722. The van der Waals surface area contributed by atoms with Crippen LogP contribution in [-0.4, -0.2) is 11.5 Å². The lowest BCUT2D eigenvalue weighted by Gasteiger charge is -2.38. The molecule has 20 heavy (non-hydrogen) atoms. The van der Waals surface area contributed by atoms with Crippen LogP contribution >= 0.6 is 0 Å². The normalized spacial score (nSPS) is 24.6. The molecule has 2 rings (SSSR count). The van der Waals surface area contributed by atoms with Crippen LogP contribution in [0.3, 0.4) is 0 Å². The molecule has 0 spiro atoms. The molecule has 112 valence electrons. The summed E-state index contributed by atoms with van der Waals surface area (Å²) in [5, 5.41) is 3.83. The third kappa shape index (κ3) is 3.60. The molecule has 1 saturated carbocycles. The number of aryl methyl sites for hydroxylation is 1. The maximum atomic E-state index is 4.26. The van der Waals surface area contributed by atoms with Gasteiger partial charge in [-0.15, -0.1) is 0 Å². The summed E-state index contributed by atoms with van der Waals surface area (Å²) in [6.45, 7) is 7.92. The molecule has 1 fully saturated rings. The highest BCUT2D eigenvalue weighted by Gasteiger charge is 2.31. The molecule has 1 N–H and O–H groups in total. The summed E-state index contributed by atoms with van der Waals surface area (Å²) in [6.07, 6.45) is 12.1. The lowest BCUT2D eigenvalue weighted by Crippen LogP contribution is -2.35. The van der Waals surface area contributed by atoms with E-state index in [4.69, 9.17) is 0 Å². The average molecular weight is 274 g/mol. The van der Waals surface area contributed by atoms with Crippen molar-refractivity contribution in [1.82, 2.24) is 10.3 Å². The van der Waals surface area contributed by atoms with E-state index in [0.29, 0.717) is 6.04 Å². The molecule has 1 heterocycles. The highest BCUT2D eigenvalue weighted by atomic mass is 14.9. The number of hydrogen-bond acceptors (Lipinski definition) is 2. The maximum absolute atomic E-state index is 4.26. The van der Waals surface area contributed by atoms with Crippen LogP contribution in [0.5, 0.6) is 0 Å². The molecule has 2 heteroatoms. The number of hydrogen-bond donors (Lipinski definition) is 1. The predicted octanol–water partition coefficient (Wildman–Crippen LogP) is 4.65. The fourth-order valence-electron chi connectivity index (χ4n) is 3.81. The van der Waals surface area contributed by atoms with E-state index < -0.39 is 0 Å². The van der Waals surface area contributed by atoms with Crippen molar-refractivity contribution in [2.45, 2.75) is 65.3 Å². The second kappa shape index (κ2) is 7.78. The lowest BCUT2D eigenvalue weighted by molar-refractivity contribution is 0.175. The van der Waals surface area contributed by atoms with E-state index in [1.807, 2.05) is 12.4 Å². The highest BCUT2D eigenvalue weighted by molar-refractivity contribution is 5.26. The number of nitrogens with one attached hydrogen (secondary N) is 1. The first-order valence-corrected chi connectivity index (χ1v) is 8.41. The van der Waals surface area contributed by atoms with E-state index in [9.17, 15) is 0 Å². The Morgan fingerprint density at radius 2 is 2.10 bits per heavy atom. The van der Waals surface area contributed by atoms with Crippen LogP contribution in [0.1, 0.15) is 69.5 Å². The number of rotatable bonds is 6. The molecule has 0 saturated heterocycles. The van der Waals surface area contributed by atoms with E-state index in [-0.39, 0.29) is 0 Å². The summed E-state index contributed by atoms with van der Waals surface area (Å²) >= 11 is 0. The molecule has 0 radical (unpaired) electrons. The van der Waals surface area contributed by atoms with Gasteiger partial charge in [-0.3, -0.25) is 4.98 Å². The number of nitrogens with zero attached hydrogens (tertiary/aromatic N) is 1. The van der Waals surface area contributed by atoms with E-state index in [0.717, 1.165) is 18.4 Å². The van der Waals surface area contributed by atoms with Crippen LogP contribution < -0.4 is 5.32 Å². The average Bonchev–Trinajstić information content (AvgIpc) is 2.49. The molecule has 1 aromatic heterocycles. The molecule has 0 amide bonds. The van der Waals surface area contributed by atoms with Gasteiger partial charge < -0.3 is 5.32 Å². The summed E-state index contributed by atoms with van der Waals surface area (Å²) in [6, 6.07) is 2.74. The standard InChI is InChI=1S/C18H30N2/c1-4-11-20-18(16-10-12-19-13-14(16)3)17-9-7-6-8-15(17)5-2/h10,12-13,15,17-18,20H,4-9,11H2,1-3H3. The Kier molecular flexibility index (Phi) is 6.03. The first kappa shape index (κ1) is 15.5.